The summed E-state index contributed by atoms with van der Waals surface area (Å²) in [6, 6.07) is 0. The molecular weight excluding hydrogens is 1260 g/mol. The number of aliphatic hydroxyl groups excluding tert-OH is 1. The number of carbonyl (C=O) groups is 4. The van der Waals surface area contributed by atoms with Crippen molar-refractivity contribution in [2.24, 2.45) is 17.8 Å². The minimum atomic E-state index is -4.96. The zero-order chi connectivity index (χ0) is 70.9. The standard InChI is InChI=1S/C77H150O17P2/c1-8-9-10-11-12-13-14-15-21-24-30-37-44-51-58-74(79)87-64-72(93-76(81)60-53-46-38-31-25-22-19-17-16-18-20-23-28-34-41-48-55-68(2)3)66-91-95(83,84)89-62-71(78)63-90-96(85,86)92-67-73(65-88-75(80)59-52-45-40-33-36-43-50-57-70(6)7)94-77(82)61-54-47-39-32-27-26-29-35-42-49-56-69(4)5/h68-73,78H,8-67H2,1-7H3,(H,83,84)(H,85,86)/t71-,72-,73-/m1/s1. The van der Waals surface area contributed by atoms with Crippen molar-refractivity contribution >= 4 is 39.5 Å². The van der Waals surface area contributed by atoms with Crippen LogP contribution < -0.4 is 0 Å². The molecular formula is C77H150O17P2. The molecule has 570 valence electrons. The van der Waals surface area contributed by atoms with E-state index in [1.54, 1.807) is 0 Å². The lowest BCUT2D eigenvalue weighted by Gasteiger charge is -2.21. The van der Waals surface area contributed by atoms with Gasteiger partial charge >= 0.3 is 39.5 Å². The molecule has 2 unspecified atom stereocenters. The van der Waals surface area contributed by atoms with E-state index in [2.05, 4.69) is 48.5 Å². The topological polar surface area (TPSA) is 237 Å². The third-order valence-electron chi connectivity index (χ3n) is 17.9. The summed E-state index contributed by atoms with van der Waals surface area (Å²) in [6.07, 6.45) is 54.2. The van der Waals surface area contributed by atoms with Crippen molar-refractivity contribution in [1.82, 2.24) is 0 Å². The lowest BCUT2D eigenvalue weighted by atomic mass is 10.0. The molecule has 0 amide bonds. The summed E-state index contributed by atoms with van der Waals surface area (Å²) in [6.45, 7) is 11.9. The van der Waals surface area contributed by atoms with E-state index < -0.39 is 97.5 Å². The van der Waals surface area contributed by atoms with Crippen LogP contribution in [-0.2, 0) is 65.4 Å². The molecule has 0 aliphatic heterocycles. The number of phosphoric ester groups is 2. The van der Waals surface area contributed by atoms with E-state index in [4.69, 9.17) is 37.0 Å². The fourth-order valence-electron chi connectivity index (χ4n) is 11.8. The predicted molar refractivity (Wildman–Crippen MR) is 391 cm³/mol. The Morgan fingerprint density at radius 2 is 0.479 bits per heavy atom. The first-order valence-corrected chi connectivity index (χ1v) is 42.8. The maximum absolute atomic E-state index is 13.1. The number of ether oxygens (including phenoxy) is 4. The van der Waals surface area contributed by atoms with Gasteiger partial charge in [-0.3, -0.25) is 37.3 Å². The monoisotopic (exact) mass is 1410 g/mol. The summed E-state index contributed by atoms with van der Waals surface area (Å²) < 4.78 is 68.6. The molecule has 0 aromatic carbocycles. The minimum Gasteiger partial charge on any atom is -0.462 e. The summed E-state index contributed by atoms with van der Waals surface area (Å²) in [4.78, 5) is 72.8. The molecule has 0 aliphatic rings. The summed E-state index contributed by atoms with van der Waals surface area (Å²) in [5.74, 6) is 0.150. The highest BCUT2D eigenvalue weighted by atomic mass is 31.2. The van der Waals surface area contributed by atoms with Gasteiger partial charge < -0.3 is 33.8 Å². The Bertz CT molecular complexity index is 1870. The highest BCUT2D eigenvalue weighted by molar-refractivity contribution is 7.47. The van der Waals surface area contributed by atoms with Gasteiger partial charge in [0.15, 0.2) is 12.2 Å². The molecule has 3 N–H and O–H groups in total. The Hall–Kier alpha value is -1.94. The van der Waals surface area contributed by atoms with Crippen molar-refractivity contribution in [2.75, 3.05) is 39.6 Å². The lowest BCUT2D eigenvalue weighted by molar-refractivity contribution is -0.161. The highest BCUT2D eigenvalue weighted by Gasteiger charge is 2.30. The number of aliphatic hydroxyl groups is 1. The van der Waals surface area contributed by atoms with Crippen molar-refractivity contribution in [2.45, 2.75) is 414 Å². The van der Waals surface area contributed by atoms with Crippen LogP contribution in [0.2, 0.25) is 0 Å². The molecule has 0 fully saturated rings. The number of phosphoric acid groups is 2. The summed E-state index contributed by atoms with van der Waals surface area (Å²) >= 11 is 0. The lowest BCUT2D eigenvalue weighted by Crippen LogP contribution is -2.30. The molecule has 0 aromatic rings. The molecule has 0 aromatic heterocycles. The fourth-order valence-corrected chi connectivity index (χ4v) is 13.4. The zero-order valence-electron chi connectivity index (χ0n) is 62.8. The molecule has 0 heterocycles. The van der Waals surface area contributed by atoms with Gasteiger partial charge in [-0.05, 0) is 43.4 Å². The normalized spacial score (nSPS) is 14.1. The first-order chi connectivity index (χ1) is 46.2. The first kappa shape index (κ1) is 94.1. The van der Waals surface area contributed by atoms with Crippen molar-refractivity contribution in [3.63, 3.8) is 0 Å². The molecule has 0 bridgehead atoms. The van der Waals surface area contributed by atoms with Gasteiger partial charge in [0, 0.05) is 25.7 Å². The number of hydrogen-bond donors (Lipinski definition) is 3. The number of esters is 4. The quantitative estimate of drug-likeness (QED) is 0.0222. The Morgan fingerprint density at radius 3 is 0.708 bits per heavy atom. The van der Waals surface area contributed by atoms with Gasteiger partial charge in [0.1, 0.15) is 19.3 Å². The molecule has 19 heteroatoms. The van der Waals surface area contributed by atoms with E-state index in [1.165, 1.54) is 199 Å². The Kier molecular flexibility index (Phi) is 66.2. The van der Waals surface area contributed by atoms with Crippen LogP contribution >= 0.6 is 15.6 Å². The van der Waals surface area contributed by atoms with E-state index in [9.17, 15) is 43.2 Å². The van der Waals surface area contributed by atoms with Crippen LogP contribution in [0.25, 0.3) is 0 Å². The maximum Gasteiger partial charge on any atom is 0.472 e. The first-order valence-electron chi connectivity index (χ1n) is 39.8. The van der Waals surface area contributed by atoms with Crippen molar-refractivity contribution in [1.29, 1.82) is 0 Å². The van der Waals surface area contributed by atoms with Gasteiger partial charge in [0.05, 0.1) is 26.4 Å². The van der Waals surface area contributed by atoms with E-state index >= 15 is 0 Å². The number of carbonyl (C=O) groups excluding carboxylic acids is 4. The van der Waals surface area contributed by atoms with Crippen LogP contribution in [0.5, 0.6) is 0 Å². The minimum absolute atomic E-state index is 0.105. The van der Waals surface area contributed by atoms with Gasteiger partial charge in [-0.25, -0.2) is 9.13 Å². The number of unbranched alkanes of at least 4 members (excludes halogenated alkanes) is 43. The maximum atomic E-state index is 13.1. The van der Waals surface area contributed by atoms with E-state index in [-0.39, 0.29) is 25.7 Å². The predicted octanol–water partition coefficient (Wildman–Crippen LogP) is 22.6. The molecule has 5 atom stereocenters. The van der Waals surface area contributed by atoms with Crippen LogP contribution in [0.15, 0.2) is 0 Å². The summed E-state index contributed by atoms with van der Waals surface area (Å²) in [5, 5.41) is 10.6. The van der Waals surface area contributed by atoms with Gasteiger partial charge in [0.25, 0.3) is 0 Å². The van der Waals surface area contributed by atoms with Crippen LogP contribution in [0, 0.1) is 17.8 Å². The van der Waals surface area contributed by atoms with Gasteiger partial charge in [0.2, 0.25) is 0 Å². The van der Waals surface area contributed by atoms with Gasteiger partial charge in [-0.1, -0.05) is 344 Å². The van der Waals surface area contributed by atoms with Crippen molar-refractivity contribution in [3.8, 4) is 0 Å². The third-order valence-corrected chi connectivity index (χ3v) is 19.8. The van der Waals surface area contributed by atoms with E-state index in [1.807, 2.05) is 0 Å². The second-order valence-corrected chi connectivity index (χ2v) is 32.1. The average molecular weight is 1410 g/mol. The number of rotatable bonds is 75. The second-order valence-electron chi connectivity index (χ2n) is 29.2. The van der Waals surface area contributed by atoms with E-state index in [0.717, 1.165) is 108 Å². The van der Waals surface area contributed by atoms with Crippen LogP contribution in [0.4, 0.5) is 0 Å². The highest BCUT2D eigenvalue weighted by Crippen LogP contribution is 2.45. The zero-order valence-corrected chi connectivity index (χ0v) is 64.6. The van der Waals surface area contributed by atoms with E-state index in [0.29, 0.717) is 31.6 Å². The fraction of sp³-hybridized carbons (Fsp3) is 0.948. The van der Waals surface area contributed by atoms with Crippen LogP contribution in [0.3, 0.4) is 0 Å². The smallest absolute Gasteiger partial charge is 0.462 e. The SMILES string of the molecule is CCCCCCCCCCCCCCCCC(=O)OC[C@H](COP(=O)(O)OC[C@@H](O)COP(=O)(O)OC[C@@H](COC(=O)CCCCCCCCCC(C)C)OC(=O)CCCCCCCCCCCCC(C)C)OC(=O)CCCCCCCCCCCCCCCCCCC(C)C. The molecule has 0 radical (unpaired) electrons. The molecule has 0 rings (SSSR count). The Balaban J connectivity index is 5.24. The van der Waals surface area contributed by atoms with Crippen molar-refractivity contribution in [3.05, 3.63) is 0 Å². The van der Waals surface area contributed by atoms with Crippen LogP contribution in [-0.4, -0.2) is 96.7 Å². The molecule has 0 saturated heterocycles. The van der Waals surface area contributed by atoms with Crippen LogP contribution in [0.1, 0.15) is 395 Å². The van der Waals surface area contributed by atoms with Gasteiger partial charge in [-0.15, -0.1) is 0 Å². The summed E-state index contributed by atoms with van der Waals surface area (Å²) in [7, 11) is -9.91. The molecule has 0 saturated carbocycles. The Morgan fingerprint density at radius 1 is 0.281 bits per heavy atom. The van der Waals surface area contributed by atoms with Crippen molar-refractivity contribution < 1.29 is 80.2 Å². The molecule has 0 aliphatic carbocycles. The Labute approximate surface area is 588 Å². The second kappa shape index (κ2) is 67.5. The average Bonchev–Trinajstić information content (AvgIpc) is 1.08. The summed E-state index contributed by atoms with van der Waals surface area (Å²) in [5.41, 5.74) is 0. The third kappa shape index (κ3) is 70.5. The molecule has 96 heavy (non-hydrogen) atoms. The number of hydrogen-bond acceptors (Lipinski definition) is 15. The molecule has 0 spiro atoms. The van der Waals surface area contributed by atoms with Gasteiger partial charge in [-0.2, -0.15) is 0 Å². The largest absolute Gasteiger partial charge is 0.472 e. The molecule has 17 nitrogen and oxygen atoms in total.